The minimum atomic E-state index is -0.305. The number of carbonyl (C=O) groups is 2. The smallest absolute Gasteiger partial charge is 0.237 e. The molecule has 1 saturated carbocycles. The summed E-state index contributed by atoms with van der Waals surface area (Å²) in [5.74, 6) is 0.874. The predicted octanol–water partition coefficient (Wildman–Crippen LogP) is 3.54. The topological polar surface area (TPSA) is 80.1 Å². The van der Waals surface area contributed by atoms with E-state index in [1.165, 1.54) is 31.5 Å². The third-order valence-electron chi connectivity index (χ3n) is 5.16. The number of nitrogens with zero attached hydrogens (tertiary/aromatic N) is 4. The minimum absolute atomic E-state index is 0.00928. The van der Waals surface area contributed by atoms with Crippen LogP contribution >= 0.6 is 11.8 Å². The summed E-state index contributed by atoms with van der Waals surface area (Å²) in [6, 6.07) is 7.42. The summed E-state index contributed by atoms with van der Waals surface area (Å²) in [7, 11) is 0. The van der Waals surface area contributed by atoms with Crippen molar-refractivity contribution < 1.29 is 9.59 Å². The lowest BCUT2D eigenvalue weighted by Crippen LogP contribution is -2.24. The van der Waals surface area contributed by atoms with Crippen LogP contribution in [0.2, 0.25) is 0 Å². The monoisotopic (exact) mass is 399 g/mol. The Morgan fingerprint density at radius 1 is 1.14 bits per heavy atom. The Balaban J connectivity index is 1.43. The fraction of sp³-hybridized carbons (Fsp3) is 0.500. The Morgan fingerprint density at radius 3 is 2.43 bits per heavy atom. The number of Topliss-reactive ketones (excluding diaryl/α,β-unsaturated/α-hetero) is 1. The maximum Gasteiger partial charge on any atom is 0.237 e. The van der Waals surface area contributed by atoms with Crippen LogP contribution in [-0.2, 0) is 4.79 Å². The number of carbonyl (C=O) groups excluding carboxylic acids is 2. The zero-order valence-electron chi connectivity index (χ0n) is 16.2. The molecule has 1 saturated heterocycles. The van der Waals surface area contributed by atoms with Crippen LogP contribution in [-0.4, -0.2) is 44.8 Å². The van der Waals surface area contributed by atoms with E-state index >= 15 is 0 Å². The molecule has 4 rings (SSSR count). The molecule has 8 heteroatoms. The molecule has 2 heterocycles. The number of nitrogens with one attached hydrogen (secondary N) is 1. The molecule has 2 aromatic rings. The highest BCUT2D eigenvalue weighted by atomic mass is 32.2. The van der Waals surface area contributed by atoms with Gasteiger partial charge in [0.05, 0.1) is 5.25 Å². The third kappa shape index (κ3) is 4.06. The largest absolute Gasteiger partial charge is 0.341 e. The van der Waals surface area contributed by atoms with E-state index in [1.807, 2.05) is 6.92 Å². The zero-order valence-corrected chi connectivity index (χ0v) is 17.0. The average Bonchev–Trinajstić information content (AvgIpc) is 3.20. The molecule has 1 aromatic heterocycles. The van der Waals surface area contributed by atoms with Crippen LogP contribution in [0.4, 0.5) is 11.6 Å². The number of hydrogen-bond acceptors (Lipinski definition) is 6. The fourth-order valence-electron chi connectivity index (χ4n) is 3.38. The molecule has 0 radical (unpaired) electrons. The van der Waals surface area contributed by atoms with Gasteiger partial charge in [0, 0.05) is 30.4 Å². The van der Waals surface area contributed by atoms with Crippen molar-refractivity contribution >= 4 is 35.1 Å². The van der Waals surface area contributed by atoms with Crippen molar-refractivity contribution in [2.45, 2.75) is 56.0 Å². The highest BCUT2D eigenvalue weighted by Gasteiger charge is 2.33. The number of aromatic nitrogens is 3. The van der Waals surface area contributed by atoms with Crippen molar-refractivity contribution in [2.24, 2.45) is 0 Å². The lowest BCUT2D eigenvalue weighted by molar-refractivity contribution is -0.115. The lowest BCUT2D eigenvalue weighted by Gasteiger charge is -2.18. The molecule has 1 unspecified atom stereocenters. The van der Waals surface area contributed by atoms with Crippen LogP contribution in [0.3, 0.4) is 0 Å². The fourth-order valence-corrected chi connectivity index (χ4v) is 4.29. The Bertz CT molecular complexity index is 869. The predicted molar refractivity (Wildman–Crippen MR) is 110 cm³/mol. The molecular weight excluding hydrogens is 374 g/mol. The molecule has 148 valence electrons. The molecule has 2 fully saturated rings. The normalized spacial score (nSPS) is 17.6. The van der Waals surface area contributed by atoms with E-state index in [4.69, 9.17) is 0 Å². The summed E-state index contributed by atoms with van der Waals surface area (Å²) in [6.07, 6.45) is 4.69. The Hall–Kier alpha value is -2.35. The summed E-state index contributed by atoms with van der Waals surface area (Å²) in [5, 5.41) is 12.3. The first-order valence-corrected chi connectivity index (χ1v) is 10.7. The van der Waals surface area contributed by atoms with Crippen LogP contribution in [0.15, 0.2) is 29.4 Å². The molecule has 28 heavy (non-hydrogen) atoms. The molecule has 1 aliphatic carbocycles. The number of ketones is 1. The number of benzene rings is 1. The van der Waals surface area contributed by atoms with Gasteiger partial charge in [0.15, 0.2) is 10.9 Å². The maximum absolute atomic E-state index is 12.6. The van der Waals surface area contributed by atoms with Gasteiger partial charge in [-0.3, -0.25) is 14.2 Å². The van der Waals surface area contributed by atoms with Crippen molar-refractivity contribution in [3.05, 3.63) is 29.8 Å². The average molecular weight is 400 g/mol. The Kier molecular flexibility index (Phi) is 5.39. The van der Waals surface area contributed by atoms with Crippen molar-refractivity contribution in [2.75, 3.05) is 23.3 Å². The van der Waals surface area contributed by atoms with Gasteiger partial charge in [0.1, 0.15) is 0 Å². The summed E-state index contributed by atoms with van der Waals surface area (Å²) >= 11 is 1.45. The standard InChI is InChI=1S/C20H25N5O2S/c1-13(26)15-5-7-16(8-6-15)21-18(27)14(2)28-20-23-22-19(24-11-3-4-12-24)25(20)17-9-10-17/h5-8,14,17H,3-4,9-12H2,1-2H3,(H,21,27). The highest BCUT2D eigenvalue weighted by molar-refractivity contribution is 8.00. The first-order chi connectivity index (χ1) is 13.5. The van der Waals surface area contributed by atoms with Gasteiger partial charge in [-0.2, -0.15) is 0 Å². The number of amides is 1. The molecular formula is C20H25N5O2S. The SMILES string of the molecule is CC(=O)c1ccc(NC(=O)C(C)Sc2nnc(N3CCCC3)n2C2CC2)cc1. The van der Waals surface area contributed by atoms with E-state index in [0.29, 0.717) is 17.3 Å². The second-order valence-electron chi connectivity index (χ2n) is 7.46. The van der Waals surface area contributed by atoms with Crippen molar-refractivity contribution in [3.63, 3.8) is 0 Å². The molecule has 0 spiro atoms. The first-order valence-electron chi connectivity index (χ1n) is 9.81. The van der Waals surface area contributed by atoms with E-state index in [2.05, 4.69) is 25.0 Å². The van der Waals surface area contributed by atoms with E-state index in [-0.39, 0.29) is 16.9 Å². The Morgan fingerprint density at radius 2 is 1.82 bits per heavy atom. The van der Waals surface area contributed by atoms with Gasteiger partial charge < -0.3 is 10.2 Å². The third-order valence-corrected chi connectivity index (χ3v) is 6.21. The summed E-state index contributed by atoms with van der Waals surface area (Å²) < 4.78 is 2.22. The molecule has 0 bridgehead atoms. The highest BCUT2D eigenvalue weighted by Crippen LogP contribution is 2.42. The van der Waals surface area contributed by atoms with Crippen LogP contribution in [0, 0.1) is 0 Å². The molecule has 1 aromatic carbocycles. The lowest BCUT2D eigenvalue weighted by atomic mass is 10.1. The van der Waals surface area contributed by atoms with E-state index < -0.39 is 0 Å². The van der Waals surface area contributed by atoms with Gasteiger partial charge in [-0.05, 0) is 63.8 Å². The first kappa shape index (κ1) is 19.0. The molecule has 1 atom stereocenters. The van der Waals surface area contributed by atoms with E-state index in [9.17, 15) is 9.59 Å². The zero-order chi connectivity index (χ0) is 19.7. The summed E-state index contributed by atoms with van der Waals surface area (Å²) in [5.41, 5.74) is 1.32. The number of hydrogen-bond donors (Lipinski definition) is 1. The van der Waals surface area contributed by atoms with Crippen LogP contribution < -0.4 is 10.2 Å². The van der Waals surface area contributed by atoms with Gasteiger partial charge in [-0.1, -0.05) is 11.8 Å². The second kappa shape index (κ2) is 7.95. The minimum Gasteiger partial charge on any atom is -0.341 e. The van der Waals surface area contributed by atoms with Gasteiger partial charge in [-0.15, -0.1) is 10.2 Å². The van der Waals surface area contributed by atoms with Crippen LogP contribution in [0.1, 0.15) is 55.9 Å². The molecule has 1 N–H and O–H groups in total. The van der Waals surface area contributed by atoms with Crippen molar-refractivity contribution in [3.8, 4) is 0 Å². The number of anilines is 2. The van der Waals surface area contributed by atoms with Gasteiger partial charge >= 0.3 is 0 Å². The maximum atomic E-state index is 12.6. The van der Waals surface area contributed by atoms with Crippen LogP contribution in [0.5, 0.6) is 0 Å². The van der Waals surface area contributed by atoms with Gasteiger partial charge in [0.25, 0.3) is 0 Å². The molecule has 7 nitrogen and oxygen atoms in total. The van der Waals surface area contributed by atoms with Crippen LogP contribution in [0.25, 0.3) is 0 Å². The molecule has 2 aliphatic rings. The number of thioether (sulfide) groups is 1. The van der Waals surface area contributed by atoms with E-state index in [0.717, 1.165) is 37.0 Å². The van der Waals surface area contributed by atoms with Gasteiger partial charge in [0.2, 0.25) is 11.9 Å². The number of rotatable bonds is 7. The second-order valence-corrected chi connectivity index (χ2v) is 8.77. The van der Waals surface area contributed by atoms with Crippen molar-refractivity contribution in [1.29, 1.82) is 0 Å². The van der Waals surface area contributed by atoms with Crippen molar-refractivity contribution in [1.82, 2.24) is 14.8 Å². The molecule has 1 amide bonds. The molecule has 1 aliphatic heterocycles. The summed E-state index contributed by atoms with van der Waals surface area (Å²) in [6.45, 7) is 5.47. The quantitative estimate of drug-likeness (QED) is 0.567. The Labute approximate surface area is 168 Å². The van der Waals surface area contributed by atoms with E-state index in [1.54, 1.807) is 24.3 Å². The van der Waals surface area contributed by atoms with Gasteiger partial charge in [-0.25, -0.2) is 0 Å². The summed E-state index contributed by atoms with van der Waals surface area (Å²) in [4.78, 5) is 26.3.